The summed E-state index contributed by atoms with van der Waals surface area (Å²) in [5, 5.41) is 0. The summed E-state index contributed by atoms with van der Waals surface area (Å²) < 4.78 is 0. The molecule has 3 heteroatoms. The highest BCUT2D eigenvalue weighted by molar-refractivity contribution is 5.79. The first-order chi connectivity index (χ1) is 9.22. The van der Waals surface area contributed by atoms with Gasteiger partial charge >= 0.3 is 0 Å². The molecule has 0 spiro atoms. The van der Waals surface area contributed by atoms with Crippen molar-refractivity contribution in [2.24, 2.45) is 17.6 Å². The van der Waals surface area contributed by atoms with Crippen molar-refractivity contribution in [2.45, 2.75) is 57.4 Å². The number of carbonyl (C=O) groups is 1. The SMILES string of the molecule is NC1CC[C@@H]2CN(C(=O)CC3=CCCCC3)C[C@@H]2C1. The van der Waals surface area contributed by atoms with Gasteiger partial charge in [0.15, 0.2) is 0 Å². The zero-order valence-corrected chi connectivity index (χ0v) is 11.8. The van der Waals surface area contributed by atoms with E-state index >= 15 is 0 Å². The summed E-state index contributed by atoms with van der Waals surface area (Å²) in [6.45, 7) is 1.95. The molecule has 3 atom stereocenters. The molecule has 3 nitrogen and oxygen atoms in total. The summed E-state index contributed by atoms with van der Waals surface area (Å²) in [5.74, 6) is 1.76. The number of carbonyl (C=O) groups excluding carboxylic acids is 1. The lowest BCUT2D eigenvalue weighted by Crippen LogP contribution is -2.32. The zero-order chi connectivity index (χ0) is 13.2. The predicted molar refractivity (Wildman–Crippen MR) is 76.6 cm³/mol. The molecule has 2 N–H and O–H groups in total. The molecule has 0 aromatic heterocycles. The van der Waals surface area contributed by atoms with Gasteiger partial charge in [-0.3, -0.25) is 4.79 Å². The Bertz CT molecular complexity index is 377. The second kappa shape index (κ2) is 5.66. The predicted octanol–water partition coefficient (Wildman–Crippen LogP) is 2.46. The van der Waals surface area contributed by atoms with E-state index in [0.29, 0.717) is 24.3 Å². The molecule has 0 radical (unpaired) electrons. The Morgan fingerprint density at radius 2 is 2.11 bits per heavy atom. The normalized spacial score (nSPS) is 34.9. The van der Waals surface area contributed by atoms with Crippen molar-refractivity contribution in [1.82, 2.24) is 4.90 Å². The van der Waals surface area contributed by atoms with Crippen LogP contribution in [0.25, 0.3) is 0 Å². The highest BCUT2D eigenvalue weighted by atomic mass is 16.2. The molecule has 0 aromatic carbocycles. The van der Waals surface area contributed by atoms with Crippen LogP contribution in [0.2, 0.25) is 0 Å². The fourth-order valence-corrected chi connectivity index (χ4v) is 4.04. The third-order valence-corrected chi connectivity index (χ3v) is 5.21. The van der Waals surface area contributed by atoms with Gasteiger partial charge in [0.2, 0.25) is 5.91 Å². The second-order valence-corrected chi connectivity index (χ2v) is 6.68. The molecule has 2 aliphatic carbocycles. The van der Waals surface area contributed by atoms with Crippen LogP contribution in [-0.2, 0) is 4.79 Å². The third kappa shape index (κ3) is 3.02. The van der Waals surface area contributed by atoms with E-state index in [4.69, 9.17) is 5.73 Å². The fourth-order valence-electron chi connectivity index (χ4n) is 4.04. The topological polar surface area (TPSA) is 46.3 Å². The molecule has 2 fully saturated rings. The molecule has 0 bridgehead atoms. The van der Waals surface area contributed by atoms with Crippen molar-refractivity contribution >= 4 is 5.91 Å². The van der Waals surface area contributed by atoms with E-state index in [9.17, 15) is 4.79 Å². The van der Waals surface area contributed by atoms with Gasteiger partial charge in [0.05, 0.1) is 0 Å². The van der Waals surface area contributed by atoms with E-state index < -0.39 is 0 Å². The lowest BCUT2D eigenvalue weighted by Gasteiger charge is -2.27. The Labute approximate surface area is 116 Å². The molecule has 3 rings (SSSR count). The van der Waals surface area contributed by atoms with Crippen LogP contribution in [0, 0.1) is 11.8 Å². The van der Waals surface area contributed by atoms with Crippen LogP contribution in [-0.4, -0.2) is 29.9 Å². The van der Waals surface area contributed by atoms with E-state index in [1.807, 2.05) is 0 Å². The maximum absolute atomic E-state index is 12.4. The third-order valence-electron chi connectivity index (χ3n) is 5.21. The van der Waals surface area contributed by atoms with E-state index in [0.717, 1.165) is 38.3 Å². The van der Waals surface area contributed by atoms with Crippen molar-refractivity contribution in [1.29, 1.82) is 0 Å². The summed E-state index contributed by atoms with van der Waals surface area (Å²) in [5.41, 5.74) is 7.43. The minimum Gasteiger partial charge on any atom is -0.342 e. The molecule has 1 unspecified atom stereocenters. The number of hydrogen-bond donors (Lipinski definition) is 1. The van der Waals surface area contributed by atoms with Gasteiger partial charge in [-0.05, 0) is 56.8 Å². The maximum atomic E-state index is 12.4. The molecule has 3 aliphatic rings. The van der Waals surface area contributed by atoms with Crippen molar-refractivity contribution in [3.05, 3.63) is 11.6 Å². The van der Waals surface area contributed by atoms with Crippen molar-refractivity contribution < 1.29 is 4.79 Å². The highest BCUT2D eigenvalue weighted by Crippen LogP contribution is 2.36. The summed E-state index contributed by atoms with van der Waals surface area (Å²) in [7, 11) is 0. The summed E-state index contributed by atoms with van der Waals surface area (Å²) >= 11 is 0. The first-order valence-corrected chi connectivity index (χ1v) is 7.93. The molecule has 19 heavy (non-hydrogen) atoms. The van der Waals surface area contributed by atoms with Gasteiger partial charge in [-0.2, -0.15) is 0 Å². The largest absolute Gasteiger partial charge is 0.342 e. The first kappa shape index (κ1) is 13.2. The minimum atomic E-state index is 0.358. The van der Waals surface area contributed by atoms with Gasteiger partial charge in [0, 0.05) is 25.6 Å². The van der Waals surface area contributed by atoms with Crippen LogP contribution >= 0.6 is 0 Å². The lowest BCUT2D eigenvalue weighted by atomic mass is 9.79. The van der Waals surface area contributed by atoms with Gasteiger partial charge in [-0.1, -0.05) is 11.6 Å². The van der Waals surface area contributed by atoms with Gasteiger partial charge in [-0.25, -0.2) is 0 Å². The molecular formula is C16H26N2O. The number of allylic oxidation sites excluding steroid dienone is 1. The zero-order valence-electron chi connectivity index (χ0n) is 11.8. The fraction of sp³-hybridized carbons (Fsp3) is 0.812. The van der Waals surface area contributed by atoms with E-state index in [2.05, 4.69) is 11.0 Å². The lowest BCUT2D eigenvalue weighted by molar-refractivity contribution is -0.129. The standard InChI is InChI=1S/C16H26N2O/c17-15-7-6-13-10-18(11-14(13)9-15)16(19)8-12-4-2-1-3-5-12/h4,13-15H,1-3,5-11,17H2/t13-,14+,15?/m1/s1. The number of likely N-dealkylation sites (tertiary alicyclic amines) is 1. The smallest absolute Gasteiger partial charge is 0.226 e. The van der Waals surface area contributed by atoms with Crippen LogP contribution in [0.4, 0.5) is 0 Å². The Hall–Kier alpha value is -0.830. The van der Waals surface area contributed by atoms with Crippen LogP contribution in [0.3, 0.4) is 0 Å². The first-order valence-electron chi connectivity index (χ1n) is 7.93. The molecule has 106 valence electrons. The Kier molecular flexibility index (Phi) is 3.92. The van der Waals surface area contributed by atoms with Gasteiger partial charge in [-0.15, -0.1) is 0 Å². The van der Waals surface area contributed by atoms with Crippen molar-refractivity contribution in [3.63, 3.8) is 0 Å². The highest BCUT2D eigenvalue weighted by Gasteiger charge is 2.38. The van der Waals surface area contributed by atoms with Gasteiger partial charge < -0.3 is 10.6 Å². The van der Waals surface area contributed by atoms with Crippen molar-refractivity contribution in [2.75, 3.05) is 13.1 Å². The van der Waals surface area contributed by atoms with E-state index in [1.165, 1.54) is 31.3 Å². The van der Waals surface area contributed by atoms with Crippen LogP contribution in [0.15, 0.2) is 11.6 Å². The Balaban J connectivity index is 1.55. The molecular weight excluding hydrogens is 236 g/mol. The number of rotatable bonds is 2. The molecule has 1 aliphatic heterocycles. The Morgan fingerprint density at radius 3 is 2.89 bits per heavy atom. The molecule has 0 aromatic rings. The van der Waals surface area contributed by atoms with Crippen LogP contribution in [0.5, 0.6) is 0 Å². The second-order valence-electron chi connectivity index (χ2n) is 6.68. The average Bonchev–Trinajstić information content (AvgIpc) is 2.83. The number of hydrogen-bond acceptors (Lipinski definition) is 2. The monoisotopic (exact) mass is 262 g/mol. The quantitative estimate of drug-likeness (QED) is 0.777. The molecule has 1 heterocycles. The number of nitrogens with two attached hydrogens (primary N) is 1. The summed E-state index contributed by atoms with van der Waals surface area (Å²) in [6.07, 6.45) is 11.3. The van der Waals surface area contributed by atoms with E-state index in [-0.39, 0.29) is 0 Å². The van der Waals surface area contributed by atoms with Gasteiger partial charge in [0.25, 0.3) is 0 Å². The summed E-state index contributed by atoms with van der Waals surface area (Å²) in [4.78, 5) is 14.5. The van der Waals surface area contributed by atoms with Crippen LogP contribution in [0.1, 0.15) is 51.4 Å². The van der Waals surface area contributed by atoms with Crippen molar-refractivity contribution in [3.8, 4) is 0 Å². The number of nitrogens with zero attached hydrogens (tertiary/aromatic N) is 1. The summed E-state index contributed by atoms with van der Waals surface area (Å²) in [6, 6.07) is 0.373. The maximum Gasteiger partial charge on any atom is 0.226 e. The minimum absolute atomic E-state index is 0.358. The number of amides is 1. The molecule has 1 saturated heterocycles. The average molecular weight is 262 g/mol. The van der Waals surface area contributed by atoms with Crippen LogP contribution < -0.4 is 5.73 Å². The number of fused-ring (bicyclic) bond motifs is 1. The van der Waals surface area contributed by atoms with Gasteiger partial charge in [0.1, 0.15) is 0 Å². The van der Waals surface area contributed by atoms with E-state index in [1.54, 1.807) is 0 Å². The molecule has 1 saturated carbocycles. The Morgan fingerprint density at radius 1 is 1.26 bits per heavy atom. The molecule has 1 amide bonds.